The summed E-state index contributed by atoms with van der Waals surface area (Å²) in [5, 5.41) is 5.13. The van der Waals surface area contributed by atoms with E-state index in [2.05, 4.69) is 116 Å². The van der Waals surface area contributed by atoms with Crippen LogP contribution < -0.4 is 4.90 Å². The van der Waals surface area contributed by atoms with Crippen molar-refractivity contribution in [2.75, 3.05) is 25.5 Å². The van der Waals surface area contributed by atoms with Crippen molar-refractivity contribution in [1.29, 1.82) is 0 Å². The molecule has 1 atom stereocenters. The summed E-state index contributed by atoms with van der Waals surface area (Å²) in [5.74, 6) is 0. The molecule has 0 saturated heterocycles. The molecule has 27 heavy (non-hydrogen) atoms. The van der Waals surface area contributed by atoms with Crippen LogP contribution in [0.5, 0.6) is 0 Å². The topological polar surface area (TPSA) is 6.48 Å². The molecule has 4 rings (SSSR count). The monoisotopic (exact) mass is 354 g/mol. The summed E-state index contributed by atoms with van der Waals surface area (Å²) >= 11 is 0. The van der Waals surface area contributed by atoms with Crippen LogP contribution in [0.3, 0.4) is 0 Å². The molecule has 0 spiro atoms. The Morgan fingerprint density at radius 2 is 1.07 bits per heavy atom. The average molecular weight is 354 g/mol. The van der Waals surface area contributed by atoms with Gasteiger partial charge in [0.1, 0.15) is 0 Å². The van der Waals surface area contributed by atoms with Gasteiger partial charge in [0.05, 0.1) is 0 Å². The van der Waals surface area contributed by atoms with Crippen LogP contribution in [-0.4, -0.2) is 31.6 Å². The van der Waals surface area contributed by atoms with Gasteiger partial charge in [0.25, 0.3) is 0 Å². The van der Waals surface area contributed by atoms with E-state index in [4.69, 9.17) is 0 Å². The molecule has 0 aliphatic heterocycles. The maximum Gasteiger partial charge on any atom is 0.0493 e. The first-order chi connectivity index (χ1) is 13.1. The van der Waals surface area contributed by atoms with E-state index in [1.165, 1.54) is 32.9 Å². The van der Waals surface area contributed by atoms with E-state index in [1.54, 1.807) is 0 Å². The Hall–Kier alpha value is -2.84. The van der Waals surface area contributed by atoms with Crippen LogP contribution in [0.4, 0.5) is 11.4 Å². The molecule has 1 unspecified atom stereocenters. The lowest BCUT2D eigenvalue weighted by Gasteiger charge is -2.35. The fraction of sp³-hybridized carbons (Fsp3) is 0.200. The zero-order valence-electron chi connectivity index (χ0n) is 16.3. The summed E-state index contributed by atoms with van der Waals surface area (Å²) in [6, 6.07) is 30.8. The summed E-state index contributed by atoms with van der Waals surface area (Å²) < 4.78 is 0. The van der Waals surface area contributed by atoms with E-state index in [0.717, 1.165) is 6.54 Å². The Morgan fingerprint density at radius 1 is 0.630 bits per heavy atom. The molecule has 0 aliphatic rings. The van der Waals surface area contributed by atoms with Crippen molar-refractivity contribution >= 4 is 32.9 Å². The molecule has 0 N–H and O–H groups in total. The van der Waals surface area contributed by atoms with Gasteiger partial charge >= 0.3 is 0 Å². The highest BCUT2D eigenvalue weighted by Crippen LogP contribution is 2.37. The van der Waals surface area contributed by atoms with Crippen molar-refractivity contribution in [3.8, 4) is 0 Å². The van der Waals surface area contributed by atoms with Gasteiger partial charge in [-0.15, -0.1) is 0 Å². The Balaban J connectivity index is 1.97. The second-order valence-corrected chi connectivity index (χ2v) is 7.48. The summed E-state index contributed by atoms with van der Waals surface area (Å²) in [6.45, 7) is 3.29. The third-order valence-corrected chi connectivity index (χ3v) is 5.12. The van der Waals surface area contributed by atoms with Gasteiger partial charge in [-0.3, -0.25) is 0 Å². The van der Waals surface area contributed by atoms with Crippen molar-refractivity contribution in [2.24, 2.45) is 0 Å². The van der Waals surface area contributed by atoms with E-state index >= 15 is 0 Å². The average Bonchev–Trinajstić information content (AvgIpc) is 2.68. The minimum absolute atomic E-state index is 0.330. The minimum Gasteiger partial charge on any atom is -0.336 e. The smallest absolute Gasteiger partial charge is 0.0493 e. The normalized spacial score (nSPS) is 12.6. The number of anilines is 2. The Labute approximate surface area is 161 Å². The van der Waals surface area contributed by atoms with Crippen LogP contribution in [0.25, 0.3) is 21.5 Å². The maximum absolute atomic E-state index is 2.50. The van der Waals surface area contributed by atoms with Gasteiger partial charge in [0.2, 0.25) is 0 Å². The molecule has 0 radical (unpaired) electrons. The SMILES string of the molecule is CC(CN(C)C)N(c1cccc2ccccc12)c1cccc2ccccc12. The van der Waals surface area contributed by atoms with E-state index < -0.39 is 0 Å². The van der Waals surface area contributed by atoms with Gasteiger partial charge in [-0.2, -0.15) is 0 Å². The number of hydrogen-bond donors (Lipinski definition) is 0. The molecule has 2 nitrogen and oxygen atoms in total. The van der Waals surface area contributed by atoms with E-state index in [0.29, 0.717) is 6.04 Å². The summed E-state index contributed by atoms with van der Waals surface area (Å²) in [6.07, 6.45) is 0. The molecule has 0 bridgehead atoms. The largest absolute Gasteiger partial charge is 0.336 e. The fourth-order valence-electron chi connectivity index (χ4n) is 4.05. The second kappa shape index (κ2) is 7.42. The number of likely N-dealkylation sites (N-methyl/N-ethyl adjacent to an activating group) is 1. The summed E-state index contributed by atoms with van der Waals surface area (Å²) in [4.78, 5) is 4.76. The third-order valence-electron chi connectivity index (χ3n) is 5.12. The number of hydrogen-bond acceptors (Lipinski definition) is 2. The summed E-state index contributed by atoms with van der Waals surface area (Å²) in [7, 11) is 4.28. The third kappa shape index (κ3) is 3.41. The lowest BCUT2D eigenvalue weighted by Crippen LogP contribution is -2.37. The molecule has 136 valence electrons. The number of nitrogens with zero attached hydrogens (tertiary/aromatic N) is 2. The first-order valence-corrected chi connectivity index (χ1v) is 9.54. The van der Waals surface area contributed by atoms with Crippen LogP contribution in [0.15, 0.2) is 84.9 Å². The molecule has 0 aliphatic carbocycles. The van der Waals surface area contributed by atoms with Gasteiger partial charge in [-0.05, 0) is 43.9 Å². The molecule has 4 aromatic carbocycles. The number of benzene rings is 4. The van der Waals surface area contributed by atoms with Crippen molar-refractivity contribution < 1.29 is 0 Å². The lowest BCUT2D eigenvalue weighted by molar-refractivity contribution is 0.381. The van der Waals surface area contributed by atoms with Crippen LogP contribution >= 0.6 is 0 Å². The molecule has 0 saturated carbocycles. The molecule has 0 amide bonds. The molecule has 2 heteroatoms. The Morgan fingerprint density at radius 3 is 1.56 bits per heavy atom. The first-order valence-electron chi connectivity index (χ1n) is 9.54. The van der Waals surface area contributed by atoms with Crippen LogP contribution in [-0.2, 0) is 0 Å². The molecule has 4 aromatic rings. The molecular formula is C25H26N2. The van der Waals surface area contributed by atoms with E-state index in [9.17, 15) is 0 Å². The van der Waals surface area contributed by atoms with E-state index in [-0.39, 0.29) is 0 Å². The first kappa shape index (κ1) is 17.6. The van der Waals surface area contributed by atoms with Gasteiger partial charge in [0.15, 0.2) is 0 Å². The van der Waals surface area contributed by atoms with Gasteiger partial charge < -0.3 is 9.80 Å². The highest BCUT2D eigenvalue weighted by Gasteiger charge is 2.21. The van der Waals surface area contributed by atoms with Crippen molar-refractivity contribution in [1.82, 2.24) is 4.90 Å². The van der Waals surface area contributed by atoms with Crippen molar-refractivity contribution in [3.05, 3.63) is 84.9 Å². The number of fused-ring (bicyclic) bond motifs is 2. The lowest BCUT2D eigenvalue weighted by atomic mass is 10.0. The minimum atomic E-state index is 0.330. The van der Waals surface area contributed by atoms with Gasteiger partial charge in [-0.1, -0.05) is 72.8 Å². The molecule has 0 heterocycles. The van der Waals surface area contributed by atoms with Crippen LogP contribution in [0, 0.1) is 0 Å². The van der Waals surface area contributed by atoms with Crippen LogP contribution in [0.2, 0.25) is 0 Å². The highest BCUT2D eigenvalue weighted by molar-refractivity contribution is 6.01. The quantitative estimate of drug-likeness (QED) is 0.428. The zero-order valence-corrected chi connectivity index (χ0v) is 16.3. The molecule has 0 aromatic heterocycles. The van der Waals surface area contributed by atoms with Crippen molar-refractivity contribution in [2.45, 2.75) is 13.0 Å². The standard InChI is InChI=1S/C25H26N2/c1-19(18-26(2)3)27(24-16-8-12-20-10-4-6-14-22(20)24)25-17-9-13-21-11-5-7-15-23(21)25/h4-17,19H,18H2,1-3H3. The van der Waals surface area contributed by atoms with Crippen molar-refractivity contribution in [3.63, 3.8) is 0 Å². The second-order valence-electron chi connectivity index (χ2n) is 7.48. The fourth-order valence-corrected chi connectivity index (χ4v) is 4.05. The molecular weight excluding hydrogens is 328 g/mol. The number of rotatable bonds is 5. The van der Waals surface area contributed by atoms with Crippen LogP contribution in [0.1, 0.15) is 6.92 Å². The van der Waals surface area contributed by atoms with E-state index in [1.807, 2.05) is 0 Å². The van der Waals surface area contributed by atoms with Gasteiger partial charge in [-0.25, -0.2) is 0 Å². The summed E-state index contributed by atoms with van der Waals surface area (Å²) in [5.41, 5.74) is 2.53. The van der Waals surface area contributed by atoms with Gasteiger partial charge in [0, 0.05) is 34.7 Å². The predicted molar refractivity (Wildman–Crippen MR) is 118 cm³/mol. The molecule has 0 fully saturated rings. The zero-order chi connectivity index (χ0) is 18.8. The maximum atomic E-state index is 2.50. The Kier molecular flexibility index (Phi) is 4.83. The Bertz CT molecular complexity index is 978. The highest BCUT2D eigenvalue weighted by atomic mass is 15.2. The predicted octanol–water partition coefficient (Wildman–Crippen LogP) is 6.08.